The second-order valence-electron chi connectivity index (χ2n) is 6.97. The summed E-state index contributed by atoms with van der Waals surface area (Å²) in [6.07, 6.45) is -1.02. The van der Waals surface area contributed by atoms with Crippen LogP contribution in [0.1, 0.15) is 53.2 Å². The highest BCUT2D eigenvalue weighted by molar-refractivity contribution is 6.64. The van der Waals surface area contributed by atoms with Crippen molar-refractivity contribution in [3.8, 4) is 5.75 Å². The summed E-state index contributed by atoms with van der Waals surface area (Å²) in [6.45, 7) is 12.0. The van der Waals surface area contributed by atoms with Crippen molar-refractivity contribution < 1.29 is 23.6 Å². The van der Waals surface area contributed by atoms with Crippen LogP contribution < -0.4 is 15.5 Å². The Bertz CT molecular complexity index is 649. The summed E-state index contributed by atoms with van der Waals surface area (Å²) in [5.74, 6) is 0.712. The van der Waals surface area contributed by atoms with E-state index in [-0.39, 0.29) is 12.6 Å². The number of amides is 1. The van der Waals surface area contributed by atoms with Crippen LogP contribution in [0.25, 0.3) is 0 Å². The molecule has 1 amide bonds. The zero-order valence-electron chi connectivity index (χ0n) is 16.2. The van der Waals surface area contributed by atoms with Crippen molar-refractivity contribution in [3.05, 3.63) is 22.7 Å². The van der Waals surface area contributed by atoms with Crippen molar-refractivity contribution in [1.29, 1.82) is 0 Å². The Hall–Kier alpha value is -1.44. The van der Waals surface area contributed by atoms with E-state index in [1.807, 2.05) is 47.6 Å². The van der Waals surface area contributed by atoms with Crippen LogP contribution in [0.15, 0.2) is 12.1 Å². The van der Waals surface area contributed by atoms with E-state index in [2.05, 4.69) is 5.32 Å². The van der Waals surface area contributed by atoms with Crippen molar-refractivity contribution in [3.63, 3.8) is 0 Å². The minimum Gasteiger partial charge on any atom is -0.491 e. The third-order valence-electron chi connectivity index (χ3n) is 3.70. The zero-order chi connectivity index (χ0) is 19.5. The molecule has 0 saturated heterocycles. The number of ether oxygens (including phenoxy) is 2. The minimum atomic E-state index is -0.556. The van der Waals surface area contributed by atoms with E-state index in [0.717, 1.165) is 11.0 Å². The van der Waals surface area contributed by atoms with Crippen LogP contribution in [0.4, 0.5) is 4.79 Å². The van der Waals surface area contributed by atoms with Gasteiger partial charge in [0.2, 0.25) is 0 Å². The SMILES string of the molecule is CC.CC1COc2ccc(Cl)c3c2B(O1)OC3CNC(=O)OC(C)(C)C. The summed E-state index contributed by atoms with van der Waals surface area (Å²) in [6, 6.07) is 3.60. The second-order valence-corrected chi connectivity index (χ2v) is 7.38. The summed E-state index contributed by atoms with van der Waals surface area (Å²) in [7, 11) is -0.545. The van der Waals surface area contributed by atoms with E-state index in [1.54, 1.807) is 6.07 Å². The molecule has 2 aliphatic rings. The lowest BCUT2D eigenvalue weighted by molar-refractivity contribution is 0.0485. The van der Waals surface area contributed by atoms with Gasteiger partial charge >= 0.3 is 13.2 Å². The highest BCUT2D eigenvalue weighted by Gasteiger charge is 2.44. The summed E-state index contributed by atoms with van der Waals surface area (Å²) in [5, 5.41) is 3.28. The second kappa shape index (κ2) is 8.50. The van der Waals surface area contributed by atoms with Crippen LogP contribution >= 0.6 is 11.6 Å². The fourth-order valence-corrected chi connectivity index (χ4v) is 3.06. The quantitative estimate of drug-likeness (QED) is 0.792. The fourth-order valence-electron chi connectivity index (χ4n) is 2.77. The van der Waals surface area contributed by atoms with Gasteiger partial charge in [0, 0.05) is 22.6 Å². The standard InChI is InChI=1S/C16H21BClNO5.C2H6/c1-9-8-21-11-6-5-10(18)13-12(24-17(23-9)14(11)13)7-19-15(20)22-16(2,3)4;1-2/h5-6,9,12H,7-8H2,1-4H3,(H,19,20);1-2H3. The molecule has 2 aliphatic heterocycles. The van der Waals surface area contributed by atoms with Crippen molar-refractivity contribution in [2.75, 3.05) is 13.2 Å². The lowest BCUT2D eigenvalue weighted by atomic mass is 9.77. The monoisotopic (exact) mass is 383 g/mol. The molecule has 8 heteroatoms. The lowest BCUT2D eigenvalue weighted by Crippen LogP contribution is -2.36. The number of hydrogen-bond acceptors (Lipinski definition) is 5. The first kappa shape index (κ1) is 20.9. The minimum absolute atomic E-state index is 0.105. The van der Waals surface area contributed by atoms with Crippen LogP contribution in [-0.4, -0.2) is 38.1 Å². The zero-order valence-corrected chi connectivity index (χ0v) is 17.0. The smallest absolute Gasteiger partial charge is 0.491 e. The Morgan fingerprint density at radius 3 is 2.69 bits per heavy atom. The van der Waals surface area contributed by atoms with Crippen LogP contribution in [-0.2, 0) is 14.0 Å². The molecule has 0 saturated carbocycles. The van der Waals surface area contributed by atoms with Gasteiger partial charge in [0.1, 0.15) is 18.0 Å². The number of alkyl carbamates (subject to hydrolysis) is 1. The predicted octanol–water partition coefficient (Wildman–Crippen LogP) is 3.45. The summed E-state index contributed by atoms with van der Waals surface area (Å²) >= 11 is 6.36. The first-order valence-corrected chi connectivity index (χ1v) is 9.35. The maximum atomic E-state index is 11.9. The van der Waals surface area contributed by atoms with Gasteiger partial charge in [0.05, 0.1) is 12.2 Å². The number of hydrogen-bond donors (Lipinski definition) is 1. The number of rotatable bonds is 2. The number of nitrogens with one attached hydrogen (secondary N) is 1. The van der Waals surface area contributed by atoms with E-state index in [9.17, 15) is 4.79 Å². The van der Waals surface area contributed by atoms with E-state index in [0.29, 0.717) is 17.4 Å². The molecule has 26 heavy (non-hydrogen) atoms. The van der Waals surface area contributed by atoms with E-state index in [4.69, 9.17) is 30.4 Å². The molecule has 0 aliphatic carbocycles. The van der Waals surface area contributed by atoms with E-state index in [1.165, 1.54) is 0 Å². The van der Waals surface area contributed by atoms with Gasteiger partial charge in [-0.05, 0) is 39.8 Å². The van der Waals surface area contributed by atoms with Crippen molar-refractivity contribution in [2.24, 2.45) is 0 Å². The Kier molecular flexibility index (Phi) is 6.83. The summed E-state index contributed by atoms with van der Waals surface area (Å²) in [5.41, 5.74) is 1.05. The van der Waals surface area contributed by atoms with Gasteiger partial charge in [-0.2, -0.15) is 0 Å². The number of halogens is 1. The first-order valence-electron chi connectivity index (χ1n) is 8.97. The van der Waals surface area contributed by atoms with Crippen LogP contribution in [0.3, 0.4) is 0 Å². The molecule has 0 spiro atoms. The van der Waals surface area contributed by atoms with Gasteiger partial charge in [-0.25, -0.2) is 4.79 Å². The highest BCUT2D eigenvalue weighted by Crippen LogP contribution is 2.35. The molecule has 1 N–H and O–H groups in total. The predicted molar refractivity (Wildman–Crippen MR) is 102 cm³/mol. The first-order chi connectivity index (χ1) is 12.2. The van der Waals surface area contributed by atoms with Gasteiger partial charge in [0.25, 0.3) is 0 Å². The van der Waals surface area contributed by atoms with Crippen LogP contribution in [0, 0.1) is 0 Å². The van der Waals surface area contributed by atoms with Crippen molar-refractivity contribution in [1.82, 2.24) is 5.32 Å². The maximum absolute atomic E-state index is 11.9. The van der Waals surface area contributed by atoms with Gasteiger partial charge in [-0.3, -0.25) is 0 Å². The van der Waals surface area contributed by atoms with Gasteiger partial charge in [0.15, 0.2) is 0 Å². The average Bonchev–Trinajstić information content (AvgIpc) is 2.84. The summed E-state index contributed by atoms with van der Waals surface area (Å²) < 4.78 is 22.8. The van der Waals surface area contributed by atoms with E-state index >= 15 is 0 Å². The normalized spacial score (nSPS) is 21.0. The number of carbonyl (C=O) groups is 1. The maximum Gasteiger partial charge on any atom is 0.498 e. The molecule has 2 atom stereocenters. The topological polar surface area (TPSA) is 66.0 Å². The number of carbonyl (C=O) groups excluding carboxylic acids is 1. The molecule has 1 aromatic rings. The molecule has 1 aromatic carbocycles. The van der Waals surface area contributed by atoms with Gasteiger partial charge in [-0.1, -0.05) is 25.4 Å². The molecule has 2 unspecified atom stereocenters. The lowest BCUT2D eigenvalue weighted by Gasteiger charge is -2.21. The average molecular weight is 384 g/mol. The molecule has 6 nitrogen and oxygen atoms in total. The molecule has 3 rings (SSSR count). The highest BCUT2D eigenvalue weighted by atomic mass is 35.5. The molecule has 0 radical (unpaired) electrons. The third kappa shape index (κ3) is 4.84. The largest absolute Gasteiger partial charge is 0.498 e. The molecular formula is C18H27BClNO5. The molecular weight excluding hydrogens is 356 g/mol. The molecule has 0 fully saturated rings. The van der Waals surface area contributed by atoms with Gasteiger partial charge in [-0.15, -0.1) is 0 Å². The molecule has 144 valence electrons. The fraction of sp³-hybridized carbons (Fsp3) is 0.611. The van der Waals surface area contributed by atoms with Gasteiger partial charge < -0.3 is 24.1 Å². The van der Waals surface area contributed by atoms with Crippen molar-refractivity contribution >= 4 is 30.3 Å². The molecule has 2 heterocycles. The Labute approximate surface area is 160 Å². The van der Waals surface area contributed by atoms with Crippen molar-refractivity contribution in [2.45, 2.75) is 59.4 Å². The molecule has 0 bridgehead atoms. The van der Waals surface area contributed by atoms with E-state index < -0.39 is 24.9 Å². The Morgan fingerprint density at radius 1 is 1.35 bits per heavy atom. The third-order valence-corrected chi connectivity index (χ3v) is 4.03. The summed E-state index contributed by atoms with van der Waals surface area (Å²) in [4.78, 5) is 11.9. The van der Waals surface area contributed by atoms with Crippen LogP contribution in [0.5, 0.6) is 5.75 Å². The number of benzene rings is 1. The molecule has 0 aromatic heterocycles. The van der Waals surface area contributed by atoms with Crippen LogP contribution in [0.2, 0.25) is 5.02 Å². The Balaban J connectivity index is 0.00000117. The Morgan fingerprint density at radius 2 is 2.04 bits per heavy atom.